The number of fused-ring (bicyclic) bond motifs is 1. The van der Waals surface area contributed by atoms with E-state index in [4.69, 9.17) is 0 Å². The van der Waals surface area contributed by atoms with Crippen molar-refractivity contribution >= 4 is 44.3 Å². The summed E-state index contributed by atoms with van der Waals surface area (Å²) >= 11 is 2.37. The number of hydrogen-bond donors (Lipinski definition) is 1. The zero-order valence-corrected chi connectivity index (χ0v) is 15.7. The number of alkyl halides is 2. The number of halogens is 2. The molecule has 2 aromatic heterocycles. The molecule has 0 aliphatic carbocycles. The molecular weight excluding hydrogens is 406 g/mol. The van der Waals surface area contributed by atoms with Crippen LogP contribution in [0.3, 0.4) is 0 Å². The van der Waals surface area contributed by atoms with Crippen molar-refractivity contribution in [1.29, 1.82) is 0 Å². The molecule has 2 aromatic rings. The highest BCUT2D eigenvalue weighted by Gasteiger charge is 2.32. The van der Waals surface area contributed by atoms with Crippen LogP contribution in [0.1, 0.15) is 20.1 Å². The summed E-state index contributed by atoms with van der Waals surface area (Å²) in [6, 6.07) is 2.91. The van der Waals surface area contributed by atoms with Crippen LogP contribution in [0.15, 0.2) is 27.8 Å². The molecule has 0 atom stereocenters. The zero-order valence-electron chi connectivity index (χ0n) is 13.3. The van der Waals surface area contributed by atoms with E-state index in [1.807, 2.05) is 11.4 Å². The topological polar surface area (TPSA) is 83.6 Å². The molecule has 1 aliphatic heterocycles. The normalized spacial score (nSPS) is 14.3. The minimum absolute atomic E-state index is 0.315. The number of thiophene rings is 2. The van der Waals surface area contributed by atoms with Crippen LogP contribution in [0.5, 0.6) is 0 Å². The number of carbonyl (C=O) groups excluding carboxylic acids is 2. The van der Waals surface area contributed by atoms with Gasteiger partial charge in [-0.1, -0.05) is 0 Å². The molecule has 0 bridgehead atoms. The summed E-state index contributed by atoms with van der Waals surface area (Å²) in [6.07, 6.45) is 0.744. The molecule has 1 N–H and O–H groups in total. The SMILES string of the molecule is O=C(NCC(=O)N1CCc2sccc2C1)c1sccc1S(=O)(=O)C(F)F. The van der Waals surface area contributed by atoms with E-state index in [0.29, 0.717) is 13.1 Å². The van der Waals surface area contributed by atoms with Gasteiger partial charge in [0.2, 0.25) is 15.7 Å². The first kappa shape index (κ1) is 18.9. The average molecular weight is 420 g/mol. The van der Waals surface area contributed by atoms with Crippen molar-refractivity contribution in [3.63, 3.8) is 0 Å². The van der Waals surface area contributed by atoms with Crippen LogP contribution >= 0.6 is 22.7 Å². The van der Waals surface area contributed by atoms with Crippen molar-refractivity contribution < 1.29 is 26.8 Å². The highest BCUT2D eigenvalue weighted by Crippen LogP contribution is 2.27. The second-order valence-electron chi connectivity index (χ2n) is 5.54. The van der Waals surface area contributed by atoms with Crippen molar-refractivity contribution in [2.45, 2.75) is 23.6 Å². The first-order chi connectivity index (χ1) is 12.3. The first-order valence-electron chi connectivity index (χ1n) is 7.51. The Morgan fingerprint density at radius 2 is 1.96 bits per heavy atom. The van der Waals surface area contributed by atoms with Crippen LogP contribution in [0.4, 0.5) is 8.78 Å². The largest absolute Gasteiger partial charge is 0.342 e. The van der Waals surface area contributed by atoms with Gasteiger partial charge in [0, 0.05) is 18.0 Å². The minimum Gasteiger partial charge on any atom is -0.342 e. The van der Waals surface area contributed by atoms with E-state index in [-0.39, 0.29) is 17.3 Å². The quantitative estimate of drug-likeness (QED) is 0.803. The number of sulfone groups is 1. The van der Waals surface area contributed by atoms with Gasteiger partial charge in [0.25, 0.3) is 5.91 Å². The molecule has 0 aromatic carbocycles. The van der Waals surface area contributed by atoms with Crippen LogP contribution in [0, 0.1) is 0 Å². The zero-order chi connectivity index (χ0) is 18.9. The molecule has 11 heteroatoms. The Bertz CT molecular complexity index is 936. The molecule has 140 valence electrons. The summed E-state index contributed by atoms with van der Waals surface area (Å²) in [7, 11) is -4.87. The van der Waals surface area contributed by atoms with E-state index in [0.717, 1.165) is 29.4 Å². The molecule has 0 saturated heterocycles. The lowest BCUT2D eigenvalue weighted by Gasteiger charge is -2.27. The van der Waals surface area contributed by atoms with Gasteiger partial charge in [-0.05, 0) is 34.9 Å². The predicted molar refractivity (Wildman–Crippen MR) is 93.3 cm³/mol. The molecule has 1 aliphatic rings. The molecule has 3 rings (SSSR count). The van der Waals surface area contributed by atoms with E-state index in [9.17, 15) is 26.8 Å². The van der Waals surface area contributed by atoms with Gasteiger partial charge in [0.15, 0.2) is 0 Å². The molecule has 0 fully saturated rings. The second-order valence-corrected chi connectivity index (χ2v) is 9.34. The summed E-state index contributed by atoms with van der Waals surface area (Å²) in [5.41, 5.74) is 1.07. The lowest BCUT2D eigenvalue weighted by molar-refractivity contribution is -0.131. The van der Waals surface area contributed by atoms with Crippen molar-refractivity contribution in [2.24, 2.45) is 0 Å². The first-order valence-corrected chi connectivity index (χ1v) is 10.8. The maximum absolute atomic E-state index is 12.7. The number of nitrogens with zero attached hydrogens (tertiary/aromatic N) is 1. The maximum atomic E-state index is 12.7. The summed E-state index contributed by atoms with van der Waals surface area (Å²) in [6.45, 7) is 0.661. The van der Waals surface area contributed by atoms with E-state index >= 15 is 0 Å². The number of hydrogen-bond acceptors (Lipinski definition) is 6. The number of rotatable bonds is 5. The molecule has 0 spiro atoms. The molecule has 3 heterocycles. The third-order valence-corrected chi connectivity index (χ3v) is 7.42. The van der Waals surface area contributed by atoms with Crippen LogP contribution in [-0.2, 0) is 27.6 Å². The van der Waals surface area contributed by atoms with Crippen molar-refractivity contribution in [3.05, 3.63) is 38.2 Å². The molecular formula is C15H14F2N2O4S3. The van der Waals surface area contributed by atoms with E-state index in [1.165, 1.54) is 10.3 Å². The fraction of sp³-hybridized carbons (Fsp3) is 0.333. The Labute approximate surface area is 156 Å². The second kappa shape index (κ2) is 7.41. The fourth-order valence-corrected chi connectivity index (χ4v) is 5.57. The van der Waals surface area contributed by atoms with Crippen LogP contribution in [0.2, 0.25) is 0 Å². The van der Waals surface area contributed by atoms with Gasteiger partial charge in [-0.25, -0.2) is 8.42 Å². The Balaban J connectivity index is 1.64. The van der Waals surface area contributed by atoms with Crippen molar-refractivity contribution in [3.8, 4) is 0 Å². The highest BCUT2D eigenvalue weighted by atomic mass is 32.2. The maximum Gasteiger partial charge on any atom is 0.341 e. The van der Waals surface area contributed by atoms with Crippen LogP contribution in [0.25, 0.3) is 0 Å². The fourth-order valence-electron chi connectivity index (χ4n) is 2.59. The minimum atomic E-state index is -4.87. The molecule has 6 nitrogen and oxygen atoms in total. The summed E-state index contributed by atoms with van der Waals surface area (Å²) in [4.78, 5) is 26.2. The Morgan fingerprint density at radius 3 is 2.69 bits per heavy atom. The molecule has 2 amide bonds. The van der Waals surface area contributed by atoms with Gasteiger partial charge in [-0.2, -0.15) is 8.78 Å². The average Bonchev–Trinajstić information content (AvgIpc) is 3.27. The summed E-state index contributed by atoms with van der Waals surface area (Å²) in [5.74, 6) is -4.79. The summed E-state index contributed by atoms with van der Waals surface area (Å²) < 4.78 is 48.6. The molecule has 26 heavy (non-hydrogen) atoms. The van der Waals surface area contributed by atoms with E-state index in [2.05, 4.69) is 5.32 Å². The van der Waals surface area contributed by atoms with Gasteiger partial charge in [-0.15, -0.1) is 22.7 Å². The predicted octanol–water partition coefficient (Wildman–Crippen LogP) is 2.12. The van der Waals surface area contributed by atoms with Gasteiger partial charge in [0.1, 0.15) is 4.88 Å². The Hall–Kier alpha value is -1.85. The lowest BCUT2D eigenvalue weighted by atomic mass is 10.1. The van der Waals surface area contributed by atoms with Crippen LogP contribution < -0.4 is 5.32 Å². The third kappa shape index (κ3) is 3.64. The Morgan fingerprint density at radius 1 is 1.23 bits per heavy atom. The van der Waals surface area contributed by atoms with Gasteiger partial charge in [0.05, 0.1) is 11.4 Å². The monoisotopic (exact) mass is 420 g/mol. The van der Waals surface area contributed by atoms with E-state index in [1.54, 1.807) is 16.2 Å². The third-order valence-electron chi connectivity index (χ3n) is 3.94. The lowest BCUT2D eigenvalue weighted by Crippen LogP contribution is -2.42. The summed E-state index contributed by atoms with van der Waals surface area (Å²) in [5, 5.41) is 5.53. The van der Waals surface area contributed by atoms with Crippen molar-refractivity contribution in [1.82, 2.24) is 10.2 Å². The standard InChI is InChI=1S/C15H14F2N2O4S3/c16-15(17)26(22,23)11-3-6-25-13(11)14(21)18-7-12(20)19-4-1-10-9(8-19)2-5-24-10/h2-3,5-6,15H,1,4,7-8H2,(H,18,21). The highest BCUT2D eigenvalue weighted by molar-refractivity contribution is 7.92. The van der Waals surface area contributed by atoms with Gasteiger partial charge < -0.3 is 10.2 Å². The van der Waals surface area contributed by atoms with Crippen LogP contribution in [-0.4, -0.2) is 44.0 Å². The molecule has 0 saturated carbocycles. The number of nitrogens with one attached hydrogen (secondary N) is 1. The van der Waals surface area contributed by atoms with Gasteiger partial charge in [-0.3, -0.25) is 9.59 Å². The molecule has 0 radical (unpaired) electrons. The number of carbonyl (C=O) groups is 2. The van der Waals surface area contributed by atoms with Crippen molar-refractivity contribution in [2.75, 3.05) is 13.1 Å². The Kier molecular flexibility index (Phi) is 5.39. The smallest absolute Gasteiger partial charge is 0.341 e. The number of amides is 2. The van der Waals surface area contributed by atoms with Gasteiger partial charge >= 0.3 is 5.76 Å². The van der Waals surface area contributed by atoms with E-state index < -0.39 is 26.4 Å². The molecule has 0 unspecified atom stereocenters.